The summed E-state index contributed by atoms with van der Waals surface area (Å²) >= 11 is 12.4. The Morgan fingerprint density at radius 1 is 0.966 bits per heavy atom. The SMILES string of the molecule is CCC/C=C1\C=CC=CN1C(C=O)(Cc1cccc(Cl)c1)Cc1cccc(Cl)c1. The first-order valence-corrected chi connectivity index (χ1v) is 10.6. The van der Waals surface area contributed by atoms with Gasteiger partial charge in [-0.25, -0.2) is 0 Å². The number of nitrogens with zero attached hydrogens (tertiary/aromatic N) is 1. The van der Waals surface area contributed by atoms with Gasteiger partial charge in [0.05, 0.1) is 0 Å². The first-order valence-electron chi connectivity index (χ1n) is 9.86. The van der Waals surface area contributed by atoms with E-state index in [2.05, 4.69) is 24.0 Å². The van der Waals surface area contributed by atoms with E-state index < -0.39 is 5.54 Å². The largest absolute Gasteiger partial charge is 0.335 e. The number of allylic oxidation sites excluding steroid dienone is 4. The zero-order valence-electron chi connectivity index (χ0n) is 16.5. The van der Waals surface area contributed by atoms with Gasteiger partial charge in [0, 0.05) is 34.8 Å². The van der Waals surface area contributed by atoms with E-state index in [-0.39, 0.29) is 0 Å². The molecule has 0 aliphatic carbocycles. The van der Waals surface area contributed by atoms with E-state index in [0.29, 0.717) is 22.9 Å². The van der Waals surface area contributed by atoms with Crippen LogP contribution >= 0.6 is 23.2 Å². The fraction of sp³-hybridized carbons (Fsp3) is 0.240. The van der Waals surface area contributed by atoms with E-state index >= 15 is 0 Å². The number of halogens is 2. The molecule has 0 bridgehead atoms. The molecule has 0 saturated carbocycles. The van der Waals surface area contributed by atoms with E-state index in [1.54, 1.807) is 0 Å². The zero-order valence-corrected chi connectivity index (χ0v) is 18.0. The standard InChI is InChI=1S/C25H25Cl2NO/c1-2-3-12-24-13-4-5-14-28(24)25(19-29,17-20-8-6-10-22(26)15-20)18-21-9-7-11-23(27)16-21/h4-16,19H,2-3,17-18H2,1H3/b24-12+. The molecule has 29 heavy (non-hydrogen) atoms. The van der Waals surface area contributed by atoms with Crippen LogP contribution in [0.4, 0.5) is 0 Å². The number of carbonyl (C=O) groups excluding carboxylic acids is 1. The van der Waals surface area contributed by atoms with Gasteiger partial charge in [-0.2, -0.15) is 0 Å². The average Bonchev–Trinajstić information content (AvgIpc) is 2.72. The maximum atomic E-state index is 12.7. The van der Waals surface area contributed by atoms with Crippen LogP contribution in [-0.2, 0) is 17.6 Å². The molecule has 0 spiro atoms. The van der Waals surface area contributed by atoms with Crippen molar-refractivity contribution < 1.29 is 4.79 Å². The molecular formula is C25H25Cl2NO. The summed E-state index contributed by atoms with van der Waals surface area (Å²) < 4.78 is 0. The Morgan fingerprint density at radius 2 is 1.59 bits per heavy atom. The van der Waals surface area contributed by atoms with Crippen LogP contribution in [0.2, 0.25) is 10.0 Å². The Balaban J connectivity index is 2.06. The van der Waals surface area contributed by atoms with Crippen molar-refractivity contribution in [2.75, 3.05) is 0 Å². The molecule has 1 aliphatic heterocycles. The summed E-state index contributed by atoms with van der Waals surface area (Å²) in [6, 6.07) is 15.4. The van der Waals surface area contributed by atoms with Crippen molar-refractivity contribution in [1.29, 1.82) is 0 Å². The third kappa shape index (κ3) is 5.41. The Hall–Kier alpha value is -2.29. The van der Waals surface area contributed by atoms with Crippen molar-refractivity contribution in [2.45, 2.75) is 38.1 Å². The van der Waals surface area contributed by atoms with Gasteiger partial charge < -0.3 is 9.69 Å². The van der Waals surface area contributed by atoms with Gasteiger partial charge in [0.15, 0.2) is 0 Å². The van der Waals surface area contributed by atoms with E-state index in [1.165, 1.54) is 0 Å². The molecule has 0 aromatic heterocycles. The molecule has 0 unspecified atom stereocenters. The highest BCUT2D eigenvalue weighted by Crippen LogP contribution is 2.32. The van der Waals surface area contributed by atoms with E-state index in [1.807, 2.05) is 66.9 Å². The van der Waals surface area contributed by atoms with Crippen LogP contribution in [-0.4, -0.2) is 16.7 Å². The van der Waals surface area contributed by atoms with Gasteiger partial charge in [-0.15, -0.1) is 0 Å². The minimum atomic E-state index is -0.795. The fourth-order valence-corrected chi connectivity index (χ4v) is 4.12. The second-order valence-corrected chi connectivity index (χ2v) is 8.20. The minimum Gasteiger partial charge on any atom is -0.335 e. The summed E-state index contributed by atoms with van der Waals surface area (Å²) in [5.41, 5.74) is 2.27. The summed E-state index contributed by atoms with van der Waals surface area (Å²) in [7, 11) is 0. The lowest BCUT2D eigenvalue weighted by molar-refractivity contribution is -0.116. The van der Waals surface area contributed by atoms with Gasteiger partial charge in [-0.05, 0) is 54.0 Å². The van der Waals surface area contributed by atoms with Gasteiger partial charge in [0.25, 0.3) is 0 Å². The summed E-state index contributed by atoms with van der Waals surface area (Å²) in [6.07, 6.45) is 14.3. The monoisotopic (exact) mass is 425 g/mol. The van der Waals surface area contributed by atoms with Crippen LogP contribution in [0.3, 0.4) is 0 Å². The van der Waals surface area contributed by atoms with Gasteiger partial charge in [-0.1, -0.05) is 73.0 Å². The Bertz CT molecular complexity index is 898. The van der Waals surface area contributed by atoms with Crippen molar-refractivity contribution in [3.05, 3.63) is 106 Å². The topological polar surface area (TPSA) is 20.3 Å². The quantitative estimate of drug-likeness (QED) is 0.434. The second-order valence-electron chi connectivity index (χ2n) is 7.32. The summed E-state index contributed by atoms with van der Waals surface area (Å²) in [6.45, 7) is 2.15. The number of aldehydes is 1. The molecule has 4 heteroatoms. The van der Waals surface area contributed by atoms with Crippen LogP contribution in [0.1, 0.15) is 30.9 Å². The molecule has 2 aromatic carbocycles. The Morgan fingerprint density at radius 3 is 2.10 bits per heavy atom. The van der Waals surface area contributed by atoms with E-state index in [0.717, 1.165) is 36.0 Å². The van der Waals surface area contributed by atoms with Crippen molar-refractivity contribution in [3.8, 4) is 0 Å². The summed E-state index contributed by atoms with van der Waals surface area (Å²) in [5, 5.41) is 1.33. The number of hydrogen-bond acceptors (Lipinski definition) is 2. The third-order valence-electron chi connectivity index (χ3n) is 5.03. The maximum absolute atomic E-state index is 12.7. The number of rotatable bonds is 8. The second kappa shape index (κ2) is 9.96. The van der Waals surface area contributed by atoms with E-state index in [9.17, 15) is 4.79 Å². The molecule has 2 nitrogen and oxygen atoms in total. The molecule has 0 saturated heterocycles. The van der Waals surface area contributed by atoms with Crippen molar-refractivity contribution in [2.24, 2.45) is 0 Å². The lowest BCUT2D eigenvalue weighted by Crippen LogP contribution is -2.50. The Labute approximate surface area is 183 Å². The lowest BCUT2D eigenvalue weighted by atomic mass is 9.83. The Kier molecular flexibility index (Phi) is 7.35. The van der Waals surface area contributed by atoms with Crippen LogP contribution in [0.15, 0.2) is 84.7 Å². The van der Waals surface area contributed by atoms with Gasteiger partial charge in [0.2, 0.25) is 0 Å². The smallest absolute Gasteiger partial charge is 0.146 e. The highest BCUT2D eigenvalue weighted by atomic mass is 35.5. The van der Waals surface area contributed by atoms with Crippen molar-refractivity contribution in [1.82, 2.24) is 4.90 Å². The van der Waals surface area contributed by atoms with Gasteiger partial charge in [-0.3, -0.25) is 0 Å². The van der Waals surface area contributed by atoms with E-state index in [4.69, 9.17) is 23.2 Å². The normalized spacial score (nSPS) is 15.1. The number of hydrogen-bond donors (Lipinski definition) is 0. The van der Waals surface area contributed by atoms with Gasteiger partial charge in [0.1, 0.15) is 11.8 Å². The minimum absolute atomic E-state index is 0.533. The molecule has 150 valence electrons. The predicted octanol–water partition coefficient (Wildman–Crippen LogP) is 6.79. The molecule has 3 rings (SSSR count). The van der Waals surface area contributed by atoms with Crippen LogP contribution in [0, 0.1) is 0 Å². The molecule has 0 atom stereocenters. The lowest BCUT2D eigenvalue weighted by Gasteiger charge is -2.41. The van der Waals surface area contributed by atoms with Crippen LogP contribution in [0.5, 0.6) is 0 Å². The molecule has 0 radical (unpaired) electrons. The summed E-state index contributed by atoms with van der Waals surface area (Å²) in [5.74, 6) is 0. The van der Waals surface area contributed by atoms with Crippen molar-refractivity contribution in [3.63, 3.8) is 0 Å². The third-order valence-corrected chi connectivity index (χ3v) is 5.50. The number of unbranched alkanes of at least 4 members (excludes halogenated alkanes) is 1. The van der Waals surface area contributed by atoms with Crippen LogP contribution < -0.4 is 0 Å². The van der Waals surface area contributed by atoms with Crippen molar-refractivity contribution >= 4 is 29.5 Å². The highest BCUT2D eigenvalue weighted by Gasteiger charge is 2.37. The average molecular weight is 426 g/mol. The maximum Gasteiger partial charge on any atom is 0.146 e. The van der Waals surface area contributed by atoms with Crippen LogP contribution in [0.25, 0.3) is 0 Å². The molecule has 0 amide bonds. The highest BCUT2D eigenvalue weighted by molar-refractivity contribution is 6.30. The predicted molar refractivity (Wildman–Crippen MR) is 122 cm³/mol. The van der Waals surface area contributed by atoms with Gasteiger partial charge >= 0.3 is 0 Å². The molecule has 1 heterocycles. The number of carbonyl (C=O) groups is 1. The molecular weight excluding hydrogens is 401 g/mol. The zero-order chi connectivity index (χ0) is 20.7. The first kappa shape index (κ1) is 21.4. The molecule has 1 aliphatic rings. The number of benzene rings is 2. The first-order chi connectivity index (χ1) is 14.1. The fourth-order valence-electron chi connectivity index (χ4n) is 3.69. The summed E-state index contributed by atoms with van der Waals surface area (Å²) in [4.78, 5) is 14.8. The molecule has 2 aromatic rings. The molecule has 0 fully saturated rings. The molecule has 0 N–H and O–H groups in total.